The third-order valence-electron chi connectivity index (χ3n) is 11.7. The number of furan rings is 1. The van der Waals surface area contributed by atoms with Gasteiger partial charge in [0.2, 0.25) is 0 Å². The number of benzene rings is 7. The van der Waals surface area contributed by atoms with E-state index in [4.69, 9.17) is 14.4 Å². The molecule has 9 aromatic rings. The van der Waals surface area contributed by atoms with Gasteiger partial charge in [-0.15, -0.1) is 0 Å². The third-order valence-corrected chi connectivity index (χ3v) is 11.7. The first-order chi connectivity index (χ1) is 26.7. The second-order valence-electron chi connectivity index (χ2n) is 15.8. The van der Waals surface area contributed by atoms with Crippen LogP contribution in [0.1, 0.15) is 49.4 Å². The van der Waals surface area contributed by atoms with E-state index < -0.39 is 0 Å². The summed E-state index contributed by atoms with van der Waals surface area (Å²) in [6.07, 6.45) is 5.46. The van der Waals surface area contributed by atoms with E-state index >= 15 is 0 Å². The van der Waals surface area contributed by atoms with Gasteiger partial charge in [0, 0.05) is 27.1 Å². The summed E-state index contributed by atoms with van der Waals surface area (Å²) in [5, 5.41) is 6.89. The van der Waals surface area contributed by atoms with Gasteiger partial charge in [0.15, 0.2) is 0 Å². The lowest BCUT2D eigenvalue weighted by atomic mass is 9.82. The van der Waals surface area contributed by atoms with Crippen molar-refractivity contribution in [3.05, 3.63) is 161 Å². The first-order valence-corrected chi connectivity index (χ1v) is 19.4. The molecular formula is C52H42N2O. The Kier molecular flexibility index (Phi) is 7.64. The summed E-state index contributed by atoms with van der Waals surface area (Å²) in [7, 11) is 0. The topological polar surface area (TPSA) is 38.9 Å². The Morgan fingerprint density at radius 2 is 1.20 bits per heavy atom. The normalized spacial score (nSPS) is 14.9. The molecule has 2 heterocycles. The Morgan fingerprint density at radius 3 is 2.00 bits per heavy atom. The SMILES string of the molecule is CC1=CC(C)CC(C)=C1c1ccc2c3ccc(-c4c(C)cc(C)cc4C)cc3c3nc(-c4cccc(-c5ccc6oc7ccccc7c6c5)c4)cnc3c2c1. The van der Waals surface area contributed by atoms with Gasteiger partial charge in [-0.1, -0.05) is 103 Å². The zero-order valence-corrected chi connectivity index (χ0v) is 32.2. The average molecular weight is 711 g/mol. The first kappa shape index (κ1) is 33.3. The highest BCUT2D eigenvalue weighted by molar-refractivity contribution is 6.24. The van der Waals surface area contributed by atoms with Crippen LogP contribution in [0.25, 0.3) is 93.6 Å². The van der Waals surface area contributed by atoms with Gasteiger partial charge >= 0.3 is 0 Å². The molecule has 0 fully saturated rings. The number of aryl methyl sites for hydroxylation is 3. The predicted molar refractivity (Wildman–Crippen MR) is 232 cm³/mol. The van der Waals surface area contributed by atoms with Crippen molar-refractivity contribution in [2.75, 3.05) is 0 Å². The van der Waals surface area contributed by atoms with Gasteiger partial charge in [-0.25, -0.2) is 4.98 Å². The molecular weight excluding hydrogens is 669 g/mol. The lowest BCUT2D eigenvalue weighted by molar-refractivity contribution is 0.669. The van der Waals surface area contributed by atoms with E-state index in [-0.39, 0.29) is 0 Å². The largest absolute Gasteiger partial charge is 0.456 e. The van der Waals surface area contributed by atoms with E-state index in [1.807, 2.05) is 18.3 Å². The van der Waals surface area contributed by atoms with E-state index in [0.29, 0.717) is 5.92 Å². The molecule has 1 aliphatic carbocycles. The van der Waals surface area contributed by atoms with Crippen LogP contribution in [0, 0.1) is 26.7 Å². The minimum absolute atomic E-state index is 0.556. The fraction of sp³-hybridized carbons (Fsp3) is 0.154. The maximum absolute atomic E-state index is 6.13. The summed E-state index contributed by atoms with van der Waals surface area (Å²) in [5.74, 6) is 0.556. The zero-order chi connectivity index (χ0) is 37.5. The van der Waals surface area contributed by atoms with Crippen LogP contribution in [0.2, 0.25) is 0 Å². The van der Waals surface area contributed by atoms with E-state index in [1.54, 1.807) is 0 Å². The monoisotopic (exact) mass is 710 g/mol. The number of rotatable bonds is 4. The zero-order valence-electron chi connectivity index (χ0n) is 32.2. The minimum atomic E-state index is 0.556. The van der Waals surface area contributed by atoms with Gasteiger partial charge in [-0.05, 0) is 144 Å². The van der Waals surface area contributed by atoms with Crippen molar-refractivity contribution in [2.24, 2.45) is 5.92 Å². The fourth-order valence-corrected chi connectivity index (χ4v) is 9.54. The van der Waals surface area contributed by atoms with Gasteiger partial charge in [0.05, 0.1) is 22.9 Å². The number of allylic oxidation sites excluding steroid dienone is 4. The summed E-state index contributed by atoms with van der Waals surface area (Å²) in [6.45, 7) is 13.5. The maximum Gasteiger partial charge on any atom is 0.135 e. The average Bonchev–Trinajstić information content (AvgIpc) is 3.55. The number of aromatic nitrogens is 2. The molecule has 7 aromatic carbocycles. The molecule has 0 saturated carbocycles. The second-order valence-corrected chi connectivity index (χ2v) is 15.8. The smallest absolute Gasteiger partial charge is 0.135 e. The quantitative estimate of drug-likeness (QED) is 0.171. The molecule has 3 nitrogen and oxygen atoms in total. The van der Waals surface area contributed by atoms with Crippen LogP contribution in [-0.4, -0.2) is 9.97 Å². The number of fused-ring (bicyclic) bond motifs is 9. The molecule has 1 unspecified atom stereocenters. The summed E-state index contributed by atoms with van der Waals surface area (Å²) in [6, 6.07) is 41.8. The number of hydrogen-bond acceptors (Lipinski definition) is 3. The minimum Gasteiger partial charge on any atom is -0.456 e. The highest BCUT2D eigenvalue weighted by atomic mass is 16.3. The van der Waals surface area contributed by atoms with Gasteiger partial charge in [0.1, 0.15) is 11.2 Å². The van der Waals surface area contributed by atoms with Crippen LogP contribution < -0.4 is 0 Å². The molecule has 266 valence electrons. The van der Waals surface area contributed by atoms with E-state index in [9.17, 15) is 0 Å². The molecule has 2 aromatic heterocycles. The van der Waals surface area contributed by atoms with Crippen molar-refractivity contribution in [2.45, 2.75) is 48.0 Å². The molecule has 3 heteroatoms. The highest BCUT2D eigenvalue weighted by Gasteiger charge is 2.20. The van der Waals surface area contributed by atoms with Crippen LogP contribution in [0.4, 0.5) is 0 Å². The van der Waals surface area contributed by atoms with Crippen molar-refractivity contribution in [3.63, 3.8) is 0 Å². The Hall–Kier alpha value is -6.32. The van der Waals surface area contributed by atoms with Crippen LogP contribution in [0.3, 0.4) is 0 Å². The van der Waals surface area contributed by atoms with Crippen LogP contribution in [-0.2, 0) is 0 Å². The predicted octanol–water partition coefficient (Wildman–Crippen LogP) is 14.5. The highest BCUT2D eigenvalue weighted by Crippen LogP contribution is 2.42. The summed E-state index contributed by atoms with van der Waals surface area (Å²) >= 11 is 0. The molecule has 0 radical (unpaired) electrons. The molecule has 1 atom stereocenters. The van der Waals surface area contributed by atoms with Crippen molar-refractivity contribution >= 4 is 60.1 Å². The van der Waals surface area contributed by atoms with Gasteiger partial charge in [-0.3, -0.25) is 4.98 Å². The molecule has 0 N–H and O–H groups in total. The molecule has 0 spiro atoms. The van der Waals surface area contributed by atoms with Gasteiger partial charge < -0.3 is 4.42 Å². The van der Waals surface area contributed by atoms with Crippen LogP contribution >= 0.6 is 0 Å². The lowest BCUT2D eigenvalue weighted by Crippen LogP contribution is -2.04. The van der Waals surface area contributed by atoms with Crippen molar-refractivity contribution in [3.8, 4) is 33.5 Å². The van der Waals surface area contributed by atoms with E-state index in [2.05, 4.69) is 151 Å². The molecule has 0 aliphatic heterocycles. The van der Waals surface area contributed by atoms with E-state index in [0.717, 1.165) is 72.5 Å². The number of hydrogen-bond donors (Lipinski definition) is 0. The first-order valence-electron chi connectivity index (χ1n) is 19.4. The van der Waals surface area contributed by atoms with Crippen LogP contribution in [0.5, 0.6) is 0 Å². The number of para-hydroxylation sites is 1. The summed E-state index contributed by atoms with van der Waals surface area (Å²) < 4.78 is 6.13. The van der Waals surface area contributed by atoms with Crippen molar-refractivity contribution in [1.82, 2.24) is 9.97 Å². The maximum atomic E-state index is 6.13. The summed E-state index contributed by atoms with van der Waals surface area (Å²) in [5.41, 5.74) is 19.5. The standard InChI is InChI=1S/C52H42N2O/c1-29-20-31(3)49(32(4)21-29)38-14-17-40-41-18-15-39(50-33(5)22-30(2)23-34(50)6)27-45(41)52-51(44(40)26-38)53-28-46(54-52)37-11-9-10-35(24-37)36-16-19-48-43(25-36)42-12-7-8-13-47(42)55-48/h7-20,22-29H,21H2,1-6H3. The van der Waals surface area contributed by atoms with Crippen molar-refractivity contribution < 1.29 is 4.42 Å². The Bertz CT molecular complexity index is 3110. The van der Waals surface area contributed by atoms with Gasteiger partial charge in [-0.2, -0.15) is 0 Å². The second kappa shape index (κ2) is 12.6. The molecule has 0 bridgehead atoms. The third kappa shape index (κ3) is 5.49. The molecule has 10 rings (SSSR count). The van der Waals surface area contributed by atoms with Crippen LogP contribution in [0.15, 0.2) is 143 Å². The Balaban J connectivity index is 1.18. The van der Waals surface area contributed by atoms with Crippen molar-refractivity contribution in [1.29, 1.82) is 0 Å². The molecule has 0 amide bonds. The van der Waals surface area contributed by atoms with Gasteiger partial charge in [0.25, 0.3) is 0 Å². The Labute approximate surface area is 321 Å². The fourth-order valence-electron chi connectivity index (χ4n) is 9.54. The summed E-state index contributed by atoms with van der Waals surface area (Å²) in [4.78, 5) is 10.8. The number of nitrogens with zero attached hydrogens (tertiary/aromatic N) is 2. The lowest BCUT2D eigenvalue weighted by Gasteiger charge is -2.22. The Morgan fingerprint density at radius 1 is 0.545 bits per heavy atom. The molecule has 0 saturated heterocycles. The molecule has 1 aliphatic rings. The van der Waals surface area contributed by atoms with E-state index in [1.165, 1.54) is 60.9 Å². The molecule has 55 heavy (non-hydrogen) atoms.